The number of fused-ring (bicyclic) bond motifs is 1. The summed E-state index contributed by atoms with van der Waals surface area (Å²) >= 11 is 5.86. The quantitative estimate of drug-likeness (QED) is 0.695. The van der Waals surface area contributed by atoms with Gasteiger partial charge in [0.1, 0.15) is 17.3 Å². The molecule has 0 amide bonds. The molecule has 2 aromatic heterocycles. The van der Waals surface area contributed by atoms with Crippen LogP contribution in [0.2, 0.25) is 0 Å². The highest BCUT2D eigenvalue weighted by atomic mass is 35.5. The van der Waals surface area contributed by atoms with Gasteiger partial charge in [-0.2, -0.15) is 5.26 Å². The van der Waals surface area contributed by atoms with E-state index in [1.807, 2.05) is 29.7 Å². The molecule has 0 radical (unpaired) electrons. The Bertz CT molecular complexity index is 828. The number of nitriles is 1. The number of halogens is 1. The van der Waals surface area contributed by atoms with Gasteiger partial charge in [0.25, 0.3) is 0 Å². The Morgan fingerprint density at radius 1 is 1.38 bits per heavy atom. The first-order valence-corrected chi connectivity index (χ1v) is 7.12. The number of benzene rings is 1. The van der Waals surface area contributed by atoms with Crippen molar-refractivity contribution < 1.29 is 4.52 Å². The van der Waals surface area contributed by atoms with E-state index in [1.165, 1.54) is 0 Å². The highest BCUT2D eigenvalue weighted by Crippen LogP contribution is 2.20. The molecule has 106 valence electrons. The lowest BCUT2D eigenvalue weighted by Crippen LogP contribution is -2.06. The van der Waals surface area contributed by atoms with Gasteiger partial charge >= 0.3 is 0 Å². The monoisotopic (exact) mass is 300 g/mol. The molecule has 3 aromatic rings. The maximum absolute atomic E-state index is 9.06. The molecule has 0 aliphatic carbocycles. The van der Waals surface area contributed by atoms with Crippen molar-refractivity contribution in [1.82, 2.24) is 14.7 Å². The lowest BCUT2D eigenvalue weighted by molar-refractivity contribution is 0.389. The second-order valence-electron chi connectivity index (χ2n) is 4.80. The highest BCUT2D eigenvalue weighted by Gasteiger charge is 2.13. The molecule has 0 aliphatic rings. The van der Waals surface area contributed by atoms with Gasteiger partial charge in [0, 0.05) is 18.4 Å². The number of aromatic nitrogens is 3. The van der Waals surface area contributed by atoms with E-state index in [2.05, 4.69) is 16.2 Å². The van der Waals surface area contributed by atoms with Crippen LogP contribution < -0.4 is 0 Å². The lowest BCUT2D eigenvalue weighted by atomic mass is 10.2. The fraction of sp³-hybridized carbons (Fsp3) is 0.267. The standard InChI is InChI=1S/C15H13ClN4O/c1-10-6-12(19-21-10)9-20-14-7-11(8-17)2-3-13(14)18-15(20)4-5-16/h2-3,6-7H,4-5,9H2,1H3. The Labute approximate surface area is 126 Å². The normalized spacial score (nSPS) is 10.9. The number of alkyl halides is 1. The summed E-state index contributed by atoms with van der Waals surface area (Å²) < 4.78 is 7.15. The zero-order valence-corrected chi connectivity index (χ0v) is 12.3. The van der Waals surface area contributed by atoms with Gasteiger partial charge in [-0.15, -0.1) is 11.6 Å². The molecule has 0 saturated carbocycles. The van der Waals surface area contributed by atoms with E-state index >= 15 is 0 Å². The minimum atomic E-state index is 0.492. The van der Waals surface area contributed by atoms with Crippen molar-refractivity contribution in [2.45, 2.75) is 19.9 Å². The molecule has 0 bridgehead atoms. The number of hydrogen-bond acceptors (Lipinski definition) is 4. The summed E-state index contributed by atoms with van der Waals surface area (Å²) in [7, 11) is 0. The fourth-order valence-corrected chi connectivity index (χ4v) is 2.52. The van der Waals surface area contributed by atoms with Crippen LogP contribution in [0.4, 0.5) is 0 Å². The topological polar surface area (TPSA) is 67.6 Å². The van der Waals surface area contributed by atoms with Crippen LogP contribution in [0.15, 0.2) is 28.8 Å². The molecular weight excluding hydrogens is 288 g/mol. The van der Waals surface area contributed by atoms with Gasteiger partial charge < -0.3 is 9.09 Å². The molecule has 0 atom stereocenters. The molecule has 1 aromatic carbocycles. The Morgan fingerprint density at radius 2 is 2.24 bits per heavy atom. The third kappa shape index (κ3) is 2.63. The average Bonchev–Trinajstić information content (AvgIpc) is 3.04. The van der Waals surface area contributed by atoms with Crippen molar-refractivity contribution in [2.24, 2.45) is 0 Å². The first-order chi connectivity index (χ1) is 10.2. The van der Waals surface area contributed by atoms with E-state index in [0.717, 1.165) is 28.3 Å². The average molecular weight is 301 g/mol. The van der Waals surface area contributed by atoms with Crippen LogP contribution in [0.1, 0.15) is 22.8 Å². The fourth-order valence-electron chi connectivity index (χ4n) is 2.35. The second kappa shape index (κ2) is 5.58. The molecular formula is C15H13ClN4O. The maximum Gasteiger partial charge on any atom is 0.133 e. The van der Waals surface area contributed by atoms with E-state index in [0.29, 0.717) is 24.4 Å². The van der Waals surface area contributed by atoms with Crippen LogP contribution in [0.3, 0.4) is 0 Å². The van der Waals surface area contributed by atoms with Crippen molar-refractivity contribution in [3.8, 4) is 6.07 Å². The minimum Gasteiger partial charge on any atom is -0.361 e. The van der Waals surface area contributed by atoms with Gasteiger partial charge in [0.15, 0.2) is 0 Å². The molecule has 0 spiro atoms. The Hall–Kier alpha value is -2.32. The van der Waals surface area contributed by atoms with Crippen LogP contribution in [0.25, 0.3) is 11.0 Å². The number of nitrogens with zero attached hydrogens (tertiary/aromatic N) is 4. The summed E-state index contributed by atoms with van der Waals surface area (Å²) in [6.07, 6.45) is 0.662. The zero-order valence-electron chi connectivity index (χ0n) is 11.5. The van der Waals surface area contributed by atoms with Gasteiger partial charge in [-0.25, -0.2) is 4.98 Å². The summed E-state index contributed by atoms with van der Waals surface area (Å²) in [6.45, 7) is 2.41. The van der Waals surface area contributed by atoms with E-state index in [9.17, 15) is 0 Å². The largest absolute Gasteiger partial charge is 0.361 e. The van der Waals surface area contributed by atoms with Crippen LogP contribution in [0.5, 0.6) is 0 Å². The summed E-state index contributed by atoms with van der Waals surface area (Å²) in [4.78, 5) is 4.59. The molecule has 0 unspecified atom stereocenters. The molecule has 2 heterocycles. The second-order valence-corrected chi connectivity index (χ2v) is 5.18. The number of hydrogen-bond donors (Lipinski definition) is 0. The first-order valence-electron chi connectivity index (χ1n) is 6.58. The van der Waals surface area contributed by atoms with E-state index in [-0.39, 0.29) is 0 Å². The molecule has 21 heavy (non-hydrogen) atoms. The molecule has 6 heteroatoms. The molecule has 0 aliphatic heterocycles. The summed E-state index contributed by atoms with van der Waals surface area (Å²) in [5, 5.41) is 13.1. The van der Waals surface area contributed by atoms with E-state index in [1.54, 1.807) is 6.07 Å². The minimum absolute atomic E-state index is 0.492. The third-order valence-corrected chi connectivity index (χ3v) is 3.46. The van der Waals surface area contributed by atoms with Crippen molar-refractivity contribution in [3.05, 3.63) is 47.1 Å². The van der Waals surface area contributed by atoms with Crippen LogP contribution >= 0.6 is 11.6 Å². The number of imidazole rings is 1. The Morgan fingerprint density at radius 3 is 2.90 bits per heavy atom. The van der Waals surface area contributed by atoms with Gasteiger partial charge in [-0.3, -0.25) is 0 Å². The van der Waals surface area contributed by atoms with Crippen LogP contribution in [-0.4, -0.2) is 20.6 Å². The van der Waals surface area contributed by atoms with Crippen molar-refractivity contribution >= 4 is 22.6 Å². The van der Waals surface area contributed by atoms with Gasteiger partial charge in [0.05, 0.1) is 29.2 Å². The molecule has 0 N–H and O–H groups in total. The zero-order chi connectivity index (χ0) is 14.8. The Kier molecular flexibility index (Phi) is 3.63. The SMILES string of the molecule is Cc1cc(Cn2c(CCCl)nc3ccc(C#N)cc32)no1. The predicted molar refractivity (Wildman–Crippen MR) is 79.2 cm³/mol. The van der Waals surface area contributed by atoms with Crippen molar-refractivity contribution in [3.63, 3.8) is 0 Å². The maximum atomic E-state index is 9.06. The molecule has 0 fully saturated rings. The smallest absolute Gasteiger partial charge is 0.133 e. The molecule has 5 nitrogen and oxygen atoms in total. The van der Waals surface area contributed by atoms with Crippen LogP contribution in [0, 0.1) is 18.3 Å². The van der Waals surface area contributed by atoms with Crippen molar-refractivity contribution in [1.29, 1.82) is 5.26 Å². The predicted octanol–water partition coefficient (Wildman–Crippen LogP) is 3.03. The molecule has 3 rings (SSSR count). The van der Waals surface area contributed by atoms with Gasteiger partial charge in [-0.05, 0) is 25.1 Å². The summed E-state index contributed by atoms with van der Waals surface area (Å²) in [5.74, 6) is 2.15. The Balaban J connectivity index is 2.12. The summed E-state index contributed by atoms with van der Waals surface area (Å²) in [6, 6.07) is 9.51. The summed E-state index contributed by atoms with van der Waals surface area (Å²) in [5.41, 5.74) is 3.20. The van der Waals surface area contributed by atoms with E-state index in [4.69, 9.17) is 21.4 Å². The lowest BCUT2D eigenvalue weighted by Gasteiger charge is -2.06. The molecule has 0 saturated heterocycles. The van der Waals surface area contributed by atoms with Gasteiger partial charge in [-0.1, -0.05) is 5.16 Å². The number of aryl methyl sites for hydroxylation is 2. The van der Waals surface area contributed by atoms with Crippen LogP contribution in [-0.2, 0) is 13.0 Å². The highest BCUT2D eigenvalue weighted by molar-refractivity contribution is 6.17. The number of rotatable bonds is 4. The van der Waals surface area contributed by atoms with Crippen molar-refractivity contribution in [2.75, 3.05) is 5.88 Å². The van der Waals surface area contributed by atoms with E-state index < -0.39 is 0 Å². The third-order valence-electron chi connectivity index (χ3n) is 3.27. The first kappa shape index (κ1) is 13.7. The van der Waals surface area contributed by atoms with Gasteiger partial charge in [0.2, 0.25) is 0 Å².